The lowest BCUT2D eigenvalue weighted by atomic mass is 10.0. The summed E-state index contributed by atoms with van der Waals surface area (Å²) < 4.78 is 23.1. The molecule has 0 aliphatic heterocycles. The number of nitrogens with one attached hydrogen (secondary N) is 1. The third-order valence-corrected chi connectivity index (χ3v) is 10.2. The molecule has 1 unspecified atom stereocenters. The largest absolute Gasteiger partial charge is 0.756 e. The van der Waals surface area contributed by atoms with E-state index in [1.807, 2.05) is 27.2 Å². The second-order valence-corrected chi connectivity index (χ2v) is 16.8. The molecule has 0 saturated heterocycles. The van der Waals surface area contributed by atoms with Crippen LogP contribution >= 0.6 is 7.82 Å². The molecule has 8 nitrogen and oxygen atoms in total. The number of phosphoric acid groups is 1. The fourth-order valence-corrected chi connectivity index (χ4v) is 6.64. The highest BCUT2D eigenvalue weighted by molar-refractivity contribution is 7.45. The minimum absolute atomic E-state index is 0.00183. The van der Waals surface area contributed by atoms with Crippen LogP contribution in [0.3, 0.4) is 0 Å². The van der Waals surface area contributed by atoms with Crippen molar-refractivity contribution >= 4 is 13.7 Å². The zero-order valence-electron chi connectivity index (χ0n) is 32.9. The Bertz CT molecular complexity index is 819. The number of carbonyl (C=O) groups excluding carboxylic acids is 1. The summed E-state index contributed by atoms with van der Waals surface area (Å²) in [6.45, 7) is 4.64. The van der Waals surface area contributed by atoms with E-state index in [2.05, 4.69) is 19.2 Å². The number of likely N-dealkylation sites (N-methyl/N-ethyl adjacent to an activating group) is 1. The molecule has 1 amide bonds. The van der Waals surface area contributed by atoms with Crippen LogP contribution in [-0.4, -0.2) is 68.5 Å². The van der Waals surface area contributed by atoms with Crippen LogP contribution in [0.2, 0.25) is 0 Å². The summed E-state index contributed by atoms with van der Waals surface area (Å²) in [7, 11) is 1.27. The van der Waals surface area contributed by atoms with E-state index >= 15 is 0 Å². The summed E-state index contributed by atoms with van der Waals surface area (Å²) in [6.07, 6.45) is 35.3. The van der Waals surface area contributed by atoms with E-state index in [0.717, 1.165) is 38.5 Å². The second kappa shape index (κ2) is 33.1. The van der Waals surface area contributed by atoms with Crippen molar-refractivity contribution in [2.75, 3.05) is 40.9 Å². The second-order valence-electron chi connectivity index (χ2n) is 15.4. The smallest absolute Gasteiger partial charge is 0.268 e. The Balaban J connectivity index is 4.47. The summed E-state index contributed by atoms with van der Waals surface area (Å²) in [4.78, 5) is 25.2. The summed E-state index contributed by atoms with van der Waals surface area (Å²) in [5, 5.41) is 13.7. The first kappa shape index (κ1) is 48.2. The van der Waals surface area contributed by atoms with E-state index in [9.17, 15) is 19.4 Å². The van der Waals surface area contributed by atoms with Gasteiger partial charge in [0.1, 0.15) is 13.2 Å². The Labute approximate surface area is 303 Å². The molecule has 9 heteroatoms. The van der Waals surface area contributed by atoms with Gasteiger partial charge in [0.2, 0.25) is 5.91 Å². The van der Waals surface area contributed by atoms with E-state index < -0.39 is 20.0 Å². The van der Waals surface area contributed by atoms with Gasteiger partial charge in [0.15, 0.2) is 0 Å². The van der Waals surface area contributed by atoms with Gasteiger partial charge in [-0.3, -0.25) is 9.36 Å². The number of nitrogens with zero attached hydrogens (tertiary/aromatic N) is 1. The monoisotopic (exact) mass is 717 g/mol. The zero-order valence-corrected chi connectivity index (χ0v) is 33.8. The third kappa shape index (κ3) is 35.4. The van der Waals surface area contributed by atoms with Crippen LogP contribution in [-0.2, 0) is 18.4 Å². The van der Waals surface area contributed by atoms with Crippen molar-refractivity contribution in [2.45, 2.75) is 199 Å². The molecule has 292 valence electrons. The quantitative estimate of drug-likeness (QED) is 0.0287. The molecular weight excluding hydrogens is 635 g/mol. The number of allylic oxidation sites excluding steroid dienone is 1. The van der Waals surface area contributed by atoms with Crippen molar-refractivity contribution < 1.29 is 32.9 Å². The highest BCUT2D eigenvalue weighted by atomic mass is 31.2. The van der Waals surface area contributed by atoms with Crippen LogP contribution in [0.4, 0.5) is 0 Å². The highest BCUT2D eigenvalue weighted by Crippen LogP contribution is 2.38. The van der Waals surface area contributed by atoms with Gasteiger partial charge in [-0.1, -0.05) is 174 Å². The first-order valence-electron chi connectivity index (χ1n) is 20.6. The molecule has 0 aromatic carbocycles. The Morgan fingerprint density at radius 3 is 1.53 bits per heavy atom. The van der Waals surface area contributed by atoms with Crippen molar-refractivity contribution in [1.29, 1.82) is 0 Å². The minimum Gasteiger partial charge on any atom is -0.756 e. The van der Waals surface area contributed by atoms with Gasteiger partial charge in [0.05, 0.1) is 39.9 Å². The molecular formula is C40H81N2O6P. The Morgan fingerprint density at radius 2 is 1.10 bits per heavy atom. The van der Waals surface area contributed by atoms with Crippen molar-refractivity contribution in [2.24, 2.45) is 0 Å². The highest BCUT2D eigenvalue weighted by Gasteiger charge is 2.23. The molecule has 49 heavy (non-hydrogen) atoms. The maximum absolute atomic E-state index is 12.8. The van der Waals surface area contributed by atoms with E-state index in [0.29, 0.717) is 17.4 Å². The molecule has 0 aromatic rings. The van der Waals surface area contributed by atoms with Crippen LogP contribution in [0.25, 0.3) is 0 Å². The van der Waals surface area contributed by atoms with E-state index in [1.54, 1.807) is 6.08 Å². The molecule has 3 atom stereocenters. The third-order valence-electron chi connectivity index (χ3n) is 9.25. The standard InChI is InChI=1S/C40H81N2O6P/c1-6-8-10-12-14-16-18-20-22-24-26-28-30-32-34-40(44)41-38(37-48-49(45,46)47-36-35-42(3,4)5)39(43)33-31-29-27-25-23-21-19-17-15-13-11-9-7-2/h31,33,38-39,43H,6-30,32,34-37H2,1-5H3,(H-,41,44,45,46)/b33-31+/t38-,39+/m0/s1. The van der Waals surface area contributed by atoms with Gasteiger partial charge in [0.25, 0.3) is 7.82 Å². The number of unbranched alkanes of at least 4 members (excludes halogenated alkanes) is 24. The Hall–Kier alpha value is -0.760. The van der Waals surface area contributed by atoms with Gasteiger partial charge < -0.3 is 28.8 Å². The van der Waals surface area contributed by atoms with E-state index in [4.69, 9.17) is 9.05 Å². The first-order chi connectivity index (χ1) is 23.5. The summed E-state index contributed by atoms with van der Waals surface area (Å²) in [5.74, 6) is -0.197. The fourth-order valence-electron chi connectivity index (χ4n) is 5.92. The topological polar surface area (TPSA) is 108 Å². The fraction of sp³-hybridized carbons (Fsp3) is 0.925. The average Bonchev–Trinajstić information content (AvgIpc) is 3.04. The predicted molar refractivity (Wildman–Crippen MR) is 205 cm³/mol. The van der Waals surface area contributed by atoms with Gasteiger partial charge in [-0.05, 0) is 19.3 Å². The maximum Gasteiger partial charge on any atom is 0.268 e. The van der Waals surface area contributed by atoms with Gasteiger partial charge in [-0.2, -0.15) is 0 Å². The molecule has 0 rings (SSSR count). The minimum atomic E-state index is -4.57. The lowest BCUT2D eigenvalue weighted by Gasteiger charge is -2.29. The van der Waals surface area contributed by atoms with E-state index in [-0.39, 0.29) is 19.1 Å². The number of amides is 1. The molecule has 0 aliphatic carbocycles. The number of aliphatic hydroxyl groups is 1. The van der Waals surface area contributed by atoms with Crippen LogP contribution < -0.4 is 10.2 Å². The predicted octanol–water partition coefficient (Wildman–Crippen LogP) is 10.2. The molecule has 0 aliphatic rings. The van der Waals surface area contributed by atoms with Crippen LogP contribution in [0.5, 0.6) is 0 Å². The van der Waals surface area contributed by atoms with Crippen LogP contribution in [0.1, 0.15) is 187 Å². The number of rotatable bonds is 37. The lowest BCUT2D eigenvalue weighted by Crippen LogP contribution is -2.45. The molecule has 0 bridgehead atoms. The average molecular weight is 717 g/mol. The summed E-state index contributed by atoms with van der Waals surface area (Å²) >= 11 is 0. The molecule has 0 spiro atoms. The van der Waals surface area contributed by atoms with E-state index in [1.165, 1.54) is 128 Å². The molecule has 0 fully saturated rings. The SMILES string of the molecule is CCCCCCCCCCCCC/C=C/[C@@H](O)[C@H](COP(=O)([O-])OCC[N+](C)(C)C)NC(=O)CCCCCCCCCCCCCCCC. The number of hydrogen-bond donors (Lipinski definition) is 2. The van der Waals surface area contributed by atoms with Gasteiger partial charge in [0, 0.05) is 6.42 Å². The van der Waals surface area contributed by atoms with Gasteiger partial charge in [-0.25, -0.2) is 0 Å². The number of hydrogen-bond acceptors (Lipinski definition) is 6. The molecule has 0 saturated carbocycles. The van der Waals surface area contributed by atoms with Crippen LogP contribution in [0.15, 0.2) is 12.2 Å². The number of phosphoric ester groups is 1. The zero-order chi connectivity index (χ0) is 36.5. The maximum atomic E-state index is 12.8. The Morgan fingerprint density at radius 1 is 0.694 bits per heavy atom. The molecule has 0 radical (unpaired) electrons. The molecule has 2 N–H and O–H groups in total. The first-order valence-corrected chi connectivity index (χ1v) is 22.0. The number of aliphatic hydroxyl groups excluding tert-OH is 1. The van der Waals surface area contributed by atoms with Gasteiger partial charge in [-0.15, -0.1) is 0 Å². The van der Waals surface area contributed by atoms with Crippen molar-refractivity contribution in [1.82, 2.24) is 5.32 Å². The lowest BCUT2D eigenvalue weighted by molar-refractivity contribution is -0.870. The number of carbonyl (C=O) groups is 1. The van der Waals surface area contributed by atoms with Crippen LogP contribution in [0, 0.1) is 0 Å². The van der Waals surface area contributed by atoms with Crippen molar-refractivity contribution in [3.63, 3.8) is 0 Å². The van der Waals surface area contributed by atoms with Crippen molar-refractivity contribution in [3.8, 4) is 0 Å². The number of quaternary nitrogens is 1. The molecule has 0 heterocycles. The normalized spacial score (nSPS) is 14.7. The summed E-state index contributed by atoms with van der Waals surface area (Å²) in [6, 6.07) is -0.878. The Kier molecular flexibility index (Phi) is 32.6. The van der Waals surface area contributed by atoms with Crippen molar-refractivity contribution in [3.05, 3.63) is 12.2 Å². The summed E-state index contributed by atoms with van der Waals surface area (Å²) in [5.41, 5.74) is 0. The van der Waals surface area contributed by atoms with Gasteiger partial charge >= 0.3 is 0 Å². The molecule has 0 aromatic heterocycles.